The number of carboxylic acid groups (broad SMARTS) is 2. The zero-order valence-electron chi connectivity index (χ0n) is 12.5. The SMILES string of the molecule is CC(O)C(=O)C(C)(O)C(=O)O.CC(O)C(=O)C(C)(O)C(=O)O. The summed E-state index contributed by atoms with van der Waals surface area (Å²) in [7, 11) is 0. The molecule has 0 aliphatic heterocycles. The van der Waals surface area contributed by atoms with Crippen molar-refractivity contribution in [3.8, 4) is 0 Å². The molecule has 10 nitrogen and oxygen atoms in total. The van der Waals surface area contributed by atoms with Gasteiger partial charge in [0.25, 0.3) is 0 Å². The number of hydrogen-bond acceptors (Lipinski definition) is 8. The van der Waals surface area contributed by atoms with E-state index in [1.807, 2.05) is 0 Å². The van der Waals surface area contributed by atoms with Crippen LogP contribution in [-0.2, 0) is 19.2 Å². The quantitative estimate of drug-likeness (QED) is 0.286. The van der Waals surface area contributed by atoms with Crippen molar-refractivity contribution in [1.82, 2.24) is 0 Å². The molecule has 0 fully saturated rings. The van der Waals surface area contributed by atoms with Gasteiger partial charge in [-0.05, 0) is 27.7 Å². The van der Waals surface area contributed by atoms with E-state index in [0.717, 1.165) is 27.7 Å². The number of aliphatic carboxylic acids is 2. The Balaban J connectivity index is 0. The highest BCUT2D eigenvalue weighted by Gasteiger charge is 2.41. The first kappa shape index (κ1) is 22.4. The van der Waals surface area contributed by atoms with E-state index in [1.165, 1.54) is 0 Å². The number of Topliss-reactive ketones (excluding diaryl/α,β-unsaturated/α-hetero) is 2. The summed E-state index contributed by atoms with van der Waals surface area (Å²) in [6.07, 6.45) is -2.94. The van der Waals surface area contributed by atoms with Crippen LogP contribution in [0.5, 0.6) is 0 Å². The van der Waals surface area contributed by atoms with Crippen LogP contribution in [-0.4, -0.2) is 77.6 Å². The summed E-state index contributed by atoms with van der Waals surface area (Å²) in [6, 6.07) is 0. The van der Waals surface area contributed by atoms with E-state index in [4.69, 9.17) is 30.6 Å². The van der Waals surface area contributed by atoms with Crippen LogP contribution in [0, 0.1) is 0 Å². The normalized spacial score (nSPS) is 18.5. The average Bonchev–Trinajstić information content (AvgIpc) is 2.36. The van der Waals surface area contributed by atoms with Crippen molar-refractivity contribution in [3.63, 3.8) is 0 Å². The summed E-state index contributed by atoms with van der Waals surface area (Å²) < 4.78 is 0. The lowest BCUT2D eigenvalue weighted by Gasteiger charge is -2.17. The highest BCUT2D eigenvalue weighted by Crippen LogP contribution is 2.08. The number of carbonyl (C=O) groups is 4. The second-order valence-electron chi connectivity index (χ2n) is 4.84. The fourth-order valence-corrected chi connectivity index (χ4v) is 1.02. The largest absolute Gasteiger partial charge is 0.479 e. The molecule has 4 atom stereocenters. The van der Waals surface area contributed by atoms with Crippen LogP contribution < -0.4 is 0 Å². The highest BCUT2D eigenvalue weighted by atomic mass is 16.4. The minimum absolute atomic E-state index is 0.824. The van der Waals surface area contributed by atoms with Gasteiger partial charge in [-0.3, -0.25) is 9.59 Å². The van der Waals surface area contributed by atoms with Gasteiger partial charge in [-0.25, -0.2) is 9.59 Å². The van der Waals surface area contributed by atoms with E-state index in [-0.39, 0.29) is 0 Å². The van der Waals surface area contributed by atoms with Gasteiger partial charge in [0.1, 0.15) is 12.2 Å². The number of aliphatic hydroxyl groups is 4. The molecule has 0 aromatic carbocycles. The molecule has 0 heterocycles. The maximum absolute atomic E-state index is 10.7. The third-order valence-electron chi connectivity index (χ3n) is 2.55. The predicted molar refractivity (Wildman–Crippen MR) is 69.9 cm³/mol. The van der Waals surface area contributed by atoms with Crippen LogP contribution in [0.25, 0.3) is 0 Å². The molecule has 0 radical (unpaired) electrons. The van der Waals surface area contributed by atoms with Crippen molar-refractivity contribution in [3.05, 3.63) is 0 Å². The summed E-state index contributed by atoms with van der Waals surface area (Å²) in [4.78, 5) is 41.8. The van der Waals surface area contributed by atoms with Gasteiger partial charge >= 0.3 is 11.9 Å². The topological polar surface area (TPSA) is 190 Å². The maximum Gasteiger partial charge on any atom is 0.343 e. The van der Waals surface area contributed by atoms with E-state index < -0.39 is 46.9 Å². The molecular formula is C12H20O10. The van der Waals surface area contributed by atoms with Gasteiger partial charge in [0, 0.05) is 0 Å². The van der Waals surface area contributed by atoms with E-state index in [0.29, 0.717) is 0 Å². The Morgan fingerprint density at radius 3 is 0.955 bits per heavy atom. The van der Waals surface area contributed by atoms with Crippen molar-refractivity contribution in [2.75, 3.05) is 0 Å². The number of carboxylic acids is 2. The van der Waals surface area contributed by atoms with Crippen molar-refractivity contribution >= 4 is 23.5 Å². The highest BCUT2D eigenvalue weighted by molar-refractivity contribution is 6.08. The molecule has 0 aliphatic carbocycles. The van der Waals surface area contributed by atoms with Crippen molar-refractivity contribution in [1.29, 1.82) is 0 Å². The molecule has 6 N–H and O–H groups in total. The summed E-state index contributed by atoms with van der Waals surface area (Å²) in [5, 5.41) is 51.7. The van der Waals surface area contributed by atoms with Crippen molar-refractivity contribution < 1.29 is 49.8 Å². The Morgan fingerprint density at radius 2 is 0.909 bits per heavy atom. The number of carbonyl (C=O) groups excluding carboxylic acids is 2. The molecule has 4 unspecified atom stereocenters. The van der Waals surface area contributed by atoms with Gasteiger partial charge in [0.05, 0.1) is 0 Å². The first-order chi connectivity index (χ1) is 9.59. The molecule has 0 rings (SSSR count). The third-order valence-corrected chi connectivity index (χ3v) is 2.55. The van der Waals surface area contributed by atoms with E-state index in [9.17, 15) is 19.2 Å². The molecular weight excluding hydrogens is 304 g/mol. The Hall–Kier alpha value is -1.88. The minimum Gasteiger partial charge on any atom is -0.479 e. The monoisotopic (exact) mass is 324 g/mol. The fraction of sp³-hybridized carbons (Fsp3) is 0.667. The van der Waals surface area contributed by atoms with Crippen LogP contribution in [0.2, 0.25) is 0 Å². The van der Waals surface area contributed by atoms with E-state index in [1.54, 1.807) is 0 Å². The molecule has 0 saturated carbocycles. The lowest BCUT2D eigenvalue weighted by atomic mass is 9.98. The molecule has 22 heavy (non-hydrogen) atoms. The van der Waals surface area contributed by atoms with Crippen LogP contribution in [0.1, 0.15) is 27.7 Å². The first-order valence-corrected chi connectivity index (χ1v) is 5.96. The average molecular weight is 324 g/mol. The lowest BCUT2D eigenvalue weighted by molar-refractivity contribution is -0.167. The fourth-order valence-electron chi connectivity index (χ4n) is 1.02. The van der Waals surface area contributed by atoms with Crippen LogP contribution >= 0.6 is 0 Å². The van der Waals surface area contributed by atoms with Gasteiger partial charge in [-0.2, -0.15) is 0 Å². The molecule has 0 bridgehead atoms. The Kier molecular flexibility index (Phi) is 8.08. The number of hydrogen-bond donors (Lipinski definition) is 6. The van der Waals surface area contributed by atoms with Gasteiger partial charge in [-0.15, -0.1) is 0 Å². The summed E-state index contributed by atoms with van der Waals surface area (Å²) in [5.41, 5.74) is -4.98. The zero-order valence-corrected chi connectivity index (χ0v) is 12.5. The molecule has 10 heteroatoms. The molecule has 0 saturated heterocycles. The molecule has 0 aromatic heterocycles. The first-order valence-electron chi connectivity index (χ1n) is 5.96. The summed E-state index contributed by atoms with van der Waals surface area (Å²) in [5.74, 6) is -5.57. The molecule has 0 amide bonds. The third kappa shape index (κ3) is 5.85. The van der Waals surface area contributed by atoms with Gasteiger partial charge < -0.3 is 30.6 Å². The minimum atomic E-state index is -2.49. The summed E-state index contributed by atoms with van der Waals surface area (Å²) >= 11 is 0. The van der Waals surface area contributed by atoms with E-state index >= 15 is 0 Å². The zero-order chi connectivity index (χ0) is 18.5. The Labute approximate surface area is 125 Å². The summed E-state index contributed by atoms with van der Waals surface area (Å²) in [6.45, 7) is 3.84. The Morgan fingerprint density at radius 1 is 0.727 bits per heavy atom. The molecule has 0 spiro atoms. The second kappa shape index (κ2) is 7.94. The number of rotatable bonds is 6. The Bertz CT molecular complexity index is 405. The molecule has 128 valence electrons. The standard InChI is InChI=1S/2C6H10O5/c2*1-3(7)4(8)6(2,11)5(9)10/h2*3,7,11H,1-2H3,(H,9,10). The van der Waals surface area contributed by atoms with Crippen molar-refractivity contribution in [2.45, 2.75) is 51.1 Å². The second-order valence-corrected chi connectivity index (χ2v) is 4.84. The number of aliphatic hydroxyl groups excluding tert-OH is 2. The molecule has 0 aliphatic rings. The number of ketones is 2. The van der Waals surface area contributed by atoms with Gasteiger partial charge in [0.15, 0.2) is 0 Å². The van der Waals surface area contributed by atoms with Gasteiger partial charge in [-0.1, -0.05) is 0 Å². The predicted octanol–water partition coefficient (Wildman–Crippen LogP) is -2.46. The van der Waals surface area contributed by atoms with Crippen LogP contribution in [0.3, 0.4) is 0 Å². The molecule has 0 aromatic rings. The van der Waals surface area contributed by atoms with Gasteiger partial charge in [0.2, 0.25) is 22.8 Å². The lowest BCUT2D eigenvalue weighted by Crippen LogP contribution is -2.48. The smallest absolute Gasteiger partial charge is 0.343 e. The van der Waals surface area contributed by atoms with E-state index in [2.05, 4.69) is 0 Å². The maximum atomic E-state index is 10.7. The van der Waals surface area contributed by atoms with Crippen molar-refractivity contribution in [2.24, 2.45) is 0 Å². The van der Waals surface area contributed by atoms with Crippen LogP contribution in [0.15, 0.2) is 0 Å². The van der Waals surface area contributed by atoms with Crippen LogP contribution in [0.4, 0.5) is 0 Å².